The average Bonchev–Trinajstić information content (AvgIpc) is 2.17. The van der Waals surface area contributed by atoms with Gasteiger partial charge in [0.1, 0.15) is 6.10 Å². The number of aliphatic carboxylic acids is 1. The van der Waals surface area contributed by atoms with Crippen LogP contribution >= 0.6 is 0 Å². The highest BCUT2D eigenvalue weighted by molar-refractivity contribution is 5.71. The van der Waals surface area contributed by atoms with E-state index in [0.717, 1.165) is 25.7 Å². The van der Waals surface area contributed by atoms with Crippen molar-refractivity contribution in [3.63, 3.8) is 0 Å². The SMILES string of the molecule is CCCCCC(CC(=O)O)OC(=O)CCC. The first-order valence-corrected chi connectivity index (χ1v) is 6.01. The van der Waals surface area contributed by atoms with Gasteiger partial charge >= 0.3 is 11.9 Å². The number of carbonyl (C=O) groups is 2. The van der Waals surface area contributed by atoms with Gasteiger partial charge in [-0.25, -0.2) is 0 Å². The van der Waals surface area contributed by atoms with Crippen LogP contribution in [0.3, 0.4) is 0 Å². The van der Waals surface area contributed by atoms with Crippen molar-refractivity contribution >= 4 is 11.9 Å². The van der Waals surface area contributed by atoms with E-state index < -0.39 is 12.1 Å². The van der Waals surface area contributed by atoms with Gasteiger partial charge in [0, 0.05) is 6.42 Å². The highest BCUT2D eigenvalue weighted by atomic mass is 16.5. The van der Waals surface area contributed by atoms with Crippen molar-refractivity contribution in [3.05, 3.63) is 0 Å². The molecular formula is C12H22O4. The predicted molar refractivity (Wildman–Crippen MR) is 61.2 cm³/mol. The third kappa shape index (κ3) is 8.26. The monoisotopic (exact) mass is 230 g/mol. The molecule has 0 radical (unpaired) electrons. The molecule has 0 aliphatic carbocycles. The molecule has 0 amide bonds. The maximum Gasteiger partial charge on any atom is 0.307 e. The predicted octanol–water partition coefficient (Wildman–Crippen LogP) is 2.75. The van der Waals surface area contributed by atoms with E-state index in [4.69, 9.17) is 9.84 Å². The molecule has 0 saturated heterocycles. The largest absolute Gasteiger partial charge is 0.481 e. The molecule has 16 heavy (non-hydrogen) atoms. The number of unbranched alkanes of at least 4 members (excludes halogenated alkanes) is 2. The van der Waals surface area contributed by atoms with Crippen LogP contribution in [-0.2, 0) is 14.3 Å². The molecule has 0 saturated carbocycles. The summed E-state index contributed by atoms with van der Waals surface area (Å²) in [4.78, 5) is 21.8. The zero-order valence-corrected chi connectivity index (χ0v) is 10.2. The Balaban J connectivity index is 3.98. The second kappa shape index (κ2) is 9.19. The van der Waals surface area contributed by atoms with E-state index in [-0.39, 0.29) is 12.4 Å². The van der Waals surface area contributed by atoms with E-state index in [1.165, 1.54) is 0 Å². The summed E-state index contributed by atoms with van der Waals surface area (Å²) >= 11 is 0. The van der Waals surface area contributed by atoms with Crippen LogP contribution in [0, 0.1) is 0 Å². The molecule has 0 aliphatic heterocycles. The summed E-state index contributed by atoms with van der Waals surface area (Å²) in [7, 11) is 0. The van der Waals surface area contributed by atoms with Crippen LogP contribution in [0.2, 0.25) is 0 Å². The van der Waals surface area contributed by atoms with Crippen molar-refractivity contribution in [1.82, 2.24) is 0 Å². The molecule has 0 bridgehead atoms. The summed E-state index contributed by atoms with van der Waals surface area (Å²) in [6, 6.07) is 0. The summed E-state index contributed by atoms with van der Waals surface area (Å²) in [5, 5.41) is 8.69. The Bertz CT molecular complexity index is 213. The molecule has 0 fully saturated rings. The zero-order chi connectivity index (χ0) is 12.4. The quantitative estimate of drug-likeness (QED) is 0.488. The summed E-state index contributed by atoms with van der Waals surface area (Å²) in [6.07, 6.45) is 4.23. The van der Waals surface area contributed by atoms with E-state index >= 15 is 0 Å². The maximum absolute atomic E-state index is 11.3. The number of rotatable bonds is 9. The number of hydrogen-bond donors (Lipinski definition) is 1. The Labute approximate surface area is 97.0 Å². The minimum Gasteiger partial charge on any atom is -0.481 e. The Morgan fingerprint density at radius 1 is 1.19 bits per heavy atom. The Morgan fingerprint density at radius 3 is 2.38 bits per heavy atom. The van der Waals surface area contributed by atoms with Gasteiger partial charge in [-0.2, -0.15) is 0 Å². The van der Waals surface area contributed by atoms with Crippen LogP contribution < -0.4 is 0 Å². The fourth-order valence-electron chi connectivity index (χ4n) is 1.47. The molecule has 94 valence electrons. The molecule has 4 nitrogen and oxygen atoms in total. The molecule has 0 rings (SSSR count). The Hall–Kier alpha value is -1.06. The number of ether oxygens (including phenoxy) is 1. The highest BCUT2D eigenvalue weighted by Gasteiger charge is 2.17. The topological polar surface area (TPSA) is 63.6 Å². The molecule has 1 atom stereocenters. The number of carboxylic acids is 1. The third-order valence-electron chi connectivity index (χ3n) is 2.28. The standard InChI is InChI=1S/C12H22O4/c1-3-5-6-8-10(9-11(13)14)16-12(15)7-4-2/h10H,3-9H2,1-2H3,(H,13,14). The highest BCUT2D eigenvalue weighted by Crippen LogP contribution is 2.11. The van der Waals surface area contributed by atoms with E-state index in [2.05, 4.69) is 6.92 Å². The summed E-state index contributed by atoms with van der Waals surface area (Å²) < 4.78 is 5.13. The Morgan fingerprint density at radius 2 is 1.88 bits per heavy atom. The van der Waals surface area contributed by atoms with Gasteiger partial charge in [0.2, 0.25) is 0 Å². The second-order valence-corrected chi connectivity index (χ2v) is 3.96. The number of carboxylic acid groups (broad SMARTS) is 1. The van der Waals surface area contributed by atoms with Crippen molar-refractivity contribution in [2.75, 3.05) is 0 Å². The lowest BCUT2D eigenvalue weighted by Gasteiger charge is -2.15. The first kappa shape index (κ1) is 14.9. The summed E-state index contributed by atoms with van der Waals surface area (Å²) in [6.45, 7) is 3.97. The van der Waals surface area contributed by atoms with Crippen LogP contribution in [0.15, 0.2) is 0 Å². The van der Waals surface area contributed by atoms with Gasteiger partial charge < -0.3 is 9.84 Å². The fraction of sp³-hybridized carbons (Fsp3) is 0.833. The smallest absolute Gasteiger partial charge is 0.307 e. The molecule has 0 aromatic carbocycles. The molecule has 0 aromatic heterocycles. The molecular weight excluding hydrogens is 208 g/mol. The molecule has 0 spiro atoms. The lowest BCUT2D eigenvalue weighted by molar-refractivity contribution is -0.153. The minimum atomic E-state index is -0.911. The normalized spacial score (nSPS) is 12.1. The van der Waals surface area contributed by atoms with Gasteiger partial charge in [-0.3, -0.25) is 9.59 Å². The molecule has 0 aliphatic rings. The van der Waals surface area contributed by atoms with Crippen LogP contribution in [0.4, 0.5) is 0 Å². The van der Waals surface area contributed by atoms with Crippen LogP contribution in [0.1, 0.15) is 58.8 Å². The lowest BCUT2D eigenvalue weighted by atomic mass is 10.1. The van der Waals surface area contributed by atoms with E-state index in [1.807, 2.05) is 6.92 Å². The zero-order valence-electron chi connectivity index (χ0n) is 10.2. The number of carbonyl (C=O) groups excluding carboxylic acids is 1. The average molecular weight is 230 g/mol. The third-order valence-corrected chi connectivity index (χ3v) is 2.28. The summed E-state index contributed by atoms with van der Waals surface area (Å²) in [5.74, 6) is -1.20. The second-order valence-electron chi connectivity index (χ2n) is 3.96. The van der Waals surface area contributed by atoms with Crippen molar-refractivity contribution < 1.29 is 19.4 Å². The van der Waals surface area contributed by atoms with E-state index in [1.54, 1.807) is 0 Å². The molecule has 4 heteroatoms. The molecule has 1 N–H and O–H groups in total. The number of hydrogen-bond acceptors (Lipinski definition) is 3. The molecule has 1 unspecified atom stereocenters. The molecule has 0 heterocycles. The van der Waals surface area contributed by atoms with Gasteiger partial charge in [0.05, 0.1) is 6.42 Å². The van der Waals surface area contributed by atoms with Crippen LogP contribution in [0.25, 0.3) is 0 Å². The first-order valence-electron chi connectivity index (χ1n) is 6.01. The fourth-order valence-corrected chi connectivity index (χ4v) is 1.47. The van der Waals surface area contributed by atoms with Crippen LogP contribution in [-0.4, -0.2) is 23.1 Å². The van der Waals surface area contributed by atoms with Crippen molar-refractivity contribution in [3.8, 4) is 0 Å². The lowest BCUT2D eigenvalue weighted by Crippen LogP contribution is -2.21. The van der Waals surface area contributed by atoms with Gasteiger partial charge in [-0.05, 0) is 19.3 Å². The van der Waals surface area contributed by atoms with E-state index in [0.29, 0.717) is 12.8 Å². The van der Waals surface area contributed by atoms with Gasteiger partial charge in [-0.1, -0.05) is 26.7 Å². The minimum absolute atomic E-state index is 0.0842. The van der Waals surface area contributed by atoms with Crippen molar-refractivity contribution in [1.29, 1.82) is 0 Å². The maximum atomic E-state index is 11.3. The number of esters is 1. The van der Waals surface area contributed by atoms with Gasteiger partial charge in [0.25, 0.3) is 0 Å². The Kier molecular flexibility index (Phi) is 8.58. The van der Waals surface area contributed by atoms with Crippen LogP contribution in [0.5, 0.6) is 0 Å². The molecule has 0 aromatic rings. The first-order chi connectivity index (χ1) is 7.60. The van der Waals surface area contributed by atoms with Gasteiger partial charge in [0.15, 0.2) is 0 Å². The van der Waals surface area contributed by atoms with E-state index in [9.17, 15) is 9.59 Å². The van der Waals surface area contributed by atoms with Crippen molar-refractivity contribution in [2.24, 2.45) is 0 Å². The summed E-state index contributed by atoms with van der Waals surface area (Å²) in [5.41, 5.74) is 0. The van der Waals surface area contributed by atoms with Gasteiger partial charge in [-0.15, -0.1) is 0 Å². The van der Waals surface area contributed by atoms with Crippen molar-refractivity contribution in [2.45, 2.75) is 64.9 Å².